The Morgan fingerprint density at radius 1 is 0.567 bits per heavy atom. The van der Waals surface area contributed by atoms with E-state index in [0.29, 0.717) is 10.8 Å². The molecule has 0 saturated heterocycles. The third-order valence-electron chi connectivity index (χ3n) is 6.47. The molecule has 0 atom stereocenters. The number of benzene rings is 2. The Morgan fingerprint density at radius 3 is 1.27 bits per heavy atom. The molecular weight excluding hydrogens is 362 g/mol. The highest BCUT2D eigenvalue weighted by Crippen LogP contribution is 2.39. The van der Waals surface area contributed by atoms with Crippen LogP contribution in [0.2, 0.25) is 0 Å². The van der Waals surface area contributed by atoms with E-state index in [9.17, 15) is 0 Å². The van der Waals surface area contributed by atoms with Crippen LogP contribution in [-0.4, -0.2) is 0 Å². The fourth-order valence-electron chi connectivity index (χ4n) is 5.03. The lowest BCUT2D eigenvalue weighted by molar-refractivity contribution is 0.248. The summed E-state index contributed by atoms with van der Waals surface area (Å²) >= 11 is 0. The minimum atomic E-state index is 0.177. The van der Waals surface area contributed by atoms with Gasteiger partial charge in [-0.2, -0.15) is 0 Å². The summed E-state index contributed by atoms with van der Waals surface area (Å²) in [4.78, 5) is 0. The Hall–Kier alpha value is -1.76. The van der Waals surface area contributed by atoms with Crippen LogP contribution in [0.5, 0.6) is 0 Å². The van der Waals surface area contributed by atoms with Gasteiger partial charge in [-0.3, -0.25) is 0 Å². The van der Waals surface area contributed by atoms with Crippen molar-refractivity contribution in [1.82, 2.24) is 0 Å². The molecule has 166 valence electrons. The lowest BCUT2D eigenvalue weighted by Crippen LogP contribution is -2.26. The molecule has 0 fully saturated rings. The molecule has 0 aliphatic rings. The zero-order valence-corrected chi connectivity index (χ0v) is 21.2. The molecule has 2 aromatic rings. The van der Waals surface area contributed by atoms with Gasteiger partial charge in [0.1, 0.15) is 0 Å². The molecule has 1 nitrogen and oxygen atoms in total. The topological polar surface area (TPSA) is 12.0 Å². The predicted molar refractivity (Wildman–Crippen MR) is 135 cm³/mol. The molecule has 0 aliphatic heterocycles. The molecule has 0 aliphatic carbocycles. The molecule has 0 spiro atoms. The van der Waals surface area contributed by atoms with E-state index in [1.165, 1.54) is 30.4 Å². The summed E-state index contributed by atoms with van der Waals surface area (Å²) in [6.07, 6.45) is 3.56. The van der Waals surface area contributed by atoms with Crippen LogP contribution < -0.4 is 5.32 Å². The minimum absolute atomic E-state index is 0.177. The van der Waals surface area contributed by atoms with Crippen molar-refractivity contribution in [1.29, 1.82) is 0 Å². The van der Waals surface area contributed by atoms with Crippen molar-refractivity contribution in [3.8, 4) is 0 Å². The average Bonchev–Trinajstić information content (AvgIpc) is 2.60. The van der Waals surface area contributed by atoms with E-state index in [1.54, 1.807) is 0 Å². The first-order valence-corrected chi connectivity index (χ1v) is 11.6. The van der Waals surface area contributed by atoms with Crippen LogP contribution in [0.1, 0.15) is 99.6 Å². The van der Waals surface area contributed by atoms with Crippen LogP contribution in [0.15, 0.2) is 48.5 Å². The van der Waals surface area contributed by atoms with Gasteiger partial charge in [0.2, 0.25) is 0 Å². The molecule has 0 radical (unpaired) electrons. The molecule has 2 aromatic carbocycles. The third-order valence-corrected chi connectivity index (χ3v) is 6.47. The molecule has 0 amide bonds. The van der Waals surface area contributed by atoms with Crippen molar-refractivity contribution in [2.75, 3.05) is 5.32 Å². The maximum atomic E-state index is 3.57. The van der Waals surface area contributed by atoms with Gasteiger partial charge in [-0.05, 0) is 69.9 Å². The fraction of sp³-hybridized carbons (Fsp3) is 0.586. The van der Waals surface area contributed by atoms with E-state index < -0.39 is 0 Å². The average molecular weight is 408 g/mol. The number of rotatable bonds is 8. The van der Waals surface area contributed by atoms with Gasteiger partial charge in [0.15, 0.2) is 0 Å². The Labute approximate surface area is 186 Å². The van der Waals surface area contributed by atoms with Crippen LogP contribution in [-0.2, 0) is 10.8 Å². The van der Waals surface area contributed by atoms with Crippen molar-refractivity contribution in [2.24, 2.45) is 10.8 Å². The molecule has 1 heteroatoms. The quantitative estimate of drug-likeness (QED) is 0.459. The summed E-state index contributed by atoms with van der Waals surface area (Å²) in [5.74, 6) is 0. The molecule has 0 aromatic heterocycles. The largest absolute Gasteiger partial charge is 0.356 e. The standard InChI is InChI=1S/C29H45N/c1-11-27(5,6)21-29(9,10)23-14-18-25(19-15-23)30-24-16-12-22(13-17-24)28(7,8)20-26(2,3)4/h12-19,30H,11,20-21H2,1-10H3. The van der Waals surface area contributed by atoms with Gasteiger partial charge in [0.05, 0.1) is 0 Å². The Morgan fingerprint density at radius 2 is 0.933 bits per heavy atom. The lowest BCUT2D eigenvalue weighted by Gasteiger charge is -2.35. The van der Waals surface area contributed by atoms with Crippen LogP contribution >= 0.6 is 0 Å². The molecule has 2 rings (SSSR count). The highest BCUT2D eigenvalue weighted by atomic mass is 14.9. The second-order valence-electron chi connectivity index (χ2n) is 12.5. The Kier molecular flexibility index (Phi) is 7.17. The maximum Gasteiger partial charge on any atom is 0.0384 e. The zero-order valence-electron chi connectivity index (χ0n) is 21.2. The van der Waals surface area contributed by atoms with E-state index in [4.69, 9.17) is 0 Å². The molecule has 0 heterocycles. The summed E-state index contributed by atoms with van der Waals surface area (Å²) in [5, 5.41) is 3.57. The van der Waals surface area contributed by atoms with Crippen molar-refractivity contribution in [3.63, 3.8) is 0 Å². The summed E-state index contributed by atoms with van der Waals surface area (Å²) < 4.78 is 0. The number of hydrogen-bond donors (Lipinski definition) is 1. The van der Waals surface area contributed by atoms with Crippen LogP contribution in [0, 0.1) is 10.8 Å². The van der Waals surface area contributed by atoms with Crippen molar-refractivity contribution in [3.05, 3.63) is 59.7 Å². The van der Waals surface area contributed by atoms with Crippen molar-refractivity contribution >= 4 is 11.4 Å². The lowest BCUT2D eigenvalue weighted by atomic mass is 9.70. The summed E-state index contributed by atoms with van der Waals surface area (Å²) in [5.41, 5.74) is 6.14. The molecular formula is C29H45N. The van der Waals surface area contributed by atoms with Gasteiger partial charge >= 0.3 is 0 Å². The SMILES string of the molecule is CCC(C)(C)CC(C)(C)c1ccc(Nc2ccc(C(C)(C)CC(C)(C)C)cc2)cc1. The second-order valence-corrected chi connectivity index (χ2v) is 12.5. The fourth-order valence-corrected chi connectivity index (χ4v) is 5.03. The number of hydrogen-bond acceptors (Lipinski definition) is 1. The first kappa shape index (κ1) is 24.5. The summed E-state index contributed by atoms with van der Waals surface area (Å²) in [7, 11) is 0. The molecule has 0 unspecified atom stereocenters. The van der Waals surface area contributed by atoms with Crippen LogP contribution in [0.4, 0.5) is 11.4 Å². The first-order valence-electron chi connectivity index (χ1n) is 11.6. The van der Waals surface area contributed by atoms with Gasteiger partial charge in [-0.1, -0.05) is 99.9 Å². The maximum absolute atomic E-state index is 3.57. The van der Waals surface area contributed by atoms with Crippen molar-refractivity contribution in [2.45, 2.75) is 99.3 Å². The normalized spacial score (nSPS) is 13.4. The van der Waals surface area contributed by atoms with Gasteiger partial charge < -0.3 is 5.32 Å². The molecule has 0 bridgehead atoms. The summed E-state index contributed by atoms with van der Waals surface area (Å²) in [6.45, 7) is 23.4. The van der Waals surface area contributed by atoms with E-state index in [1.807, 2.05) is 0 Å². The highest BCUT2D eigenvalue weighted by molar-refractivity contribution is 5.60. The predicted octanol–water partition coefficient (Wildman–Crippen LogP) is 9.25. The van der Waals surface area contributed by atoms with E-state index >= 15 is 0 Å². The third kappa shape index (κ3) is 6.89. The number of nitrogens with one attached hydrogen (secondary N) is 1. The Balaban J connectivity index is 2.09. The molecule has 1 N–H and O–H groups in total. The molecule has 0 saturated carbocycles. The minimum Gasteiger partial charge on any atom is -0.356 e. The van der Waals surface area contributed by atoms with Gasteiger partial charge in [-0.15, -0.1) is 0 Å². The van der Waals surface area contributed by atoms with Crippen LogP contribution in [0.25, 0.3) is 0 Å². The van der Waals surface area contributed by atoms with E-state index in [0.717, 1.165) is 11.4 Å². The van der Waals surface area contributed by atoms with E-state index in [2.05, 4.69) is 123 Å². The van der Waals surface area contributed by atoms with Crippen LogP contribution in [0.3, 0.4) is 0 Å². The zero-order chi connectivity index (χ0) is 22.8. The van der Waals surface area contributed by atoms with Crippen molar-refractivity contribution < 1.29 is 0 Å². The van der Waals surface area contributed by atoms with E-state index in [-0.39, 0.29) is 10.8 Å². The van der Waals surface area contributed by atoms with Gasteiger partial charge in [0.25, 0.3) is 0 Å². The smallest absolute Gasteiger partial charge is 0.0384 e. The second kappa shape index (κ2) is 8.77. The van der Waals surface area contributed by atoms with Gasteiger partial charge in [-0.25, -0.2) is 0 Å². The van der Waals surface area contributed by atoms with Gasteiger partial charge in [0, 0.05) is 11.4 Å². The Bertz CT molecular complexity index is 799. The highest BCUT2D eigenvalue weighted by Gasteiger charge is 2.29. The first-order chi connectivity index (χ1) is 13.6. The summed E-state index contributed by atoms with van der Waals surface area (Å²) in [6, 6.07) is 18.0. The molecule has 30 heavy (non-hydrogen) atoms. The number of anilines is 2. The monoisotopic (exact) mass is 407 g/mol.